The monoisotopic (exact) mass is 322 g/mol. The van der Waals surface area contributed by atoms with E-state index < -0.39 is 35.3 Å². The Labute approximate surface area is 134 Å². The summed E-state index contributed by atoms with van der Waals surface area (Å²) in [7, 11) is 0. The standard InChI is InChI=1S/C17H22O6/c1-4-9(2)15(21)22-12-6-16(3)13(20)7-17(23-16)10(8-18)5-11(19)14(12)17/h4-5,11-12,14,18-19H,6-8H2,1-3H3/b9-4+/t11-,12-,14-,16-,17-/m1/s1. The molecule has 0 aromatic rings. The zero-order valence-corrected chi connectivity index (χ0v) is 13.5. The zero-order valence-electron chi connectivity index (χ0n) is 13.5. The van der Waals surface area contributed by atoms with Gasteiger partial charge in [-0.3, -0.25) is 4.79 Å². The van der Waals surface area contributed by atoms with Crippen LogP contribution >= 0.6 is 0 Å². The van der Waals surface area contributed by atoms with E-state index in [0.29, 0.717) is 11.1 Å². The summed E-state index contributed by atoms with van der Waals surface area (Å²) in [5.74, 6) is -1.12. The Balaban J connectivity index is 1.98. The summed E-state index contributed by atoms with van der Waals surface area (Å²) in [6.45, 7) is 4.78. The van der Waals surface area contributed by atoms with Gasteiger partial charge in [0.05, 0.1) is 18.6 Å². The molecule has 2 saturated heterocycles. The minimum absolute atomic E-state index is 0.0859. The van der Waals surface area contributed by atoms with Crippen LogP contribution < -0.4 is 0 Å². The minimum atomic E-state index is -1.06. The zero-order chi connectivity index (χ0) is 17.0. The first kappa shape index (κ1) is 16.4. The molecule has 0 aromatic carbocycles. The number of fused-ring (bicyclic) bond motifs is 1. The molecule has 0 unspecified atom stereocenters. The number of ketones is 1. The van der Waals surface area contributed by atoms with E-state index in [4.69, 9.17) is 9.47 Å². The topological polar surface area (TPSA) is 93.1 Å². The second kappa shape index (κ2) is 5.26. The van der Waals surface area contributed by atoms with E-state index >= 15 is 0 Å². The van der Waals surface area contributed by atoms with Gasteiger partial charge < -0.3 is 19.7 Å². The number of hydrogen-bond donors (Lipinski definition) is 2. The smallest absolute Gasteiger partial charge is 0.333 e. The molecule has 1 spiro atoms. The first-order chi connectivity index (χ1) is 10.8. The van der Waals surface area contributed by atoms with E-state index in [-0.39, 0.29) is 25.2 Å². The average molecular weight is 322 g/mol. The lowest BCUT2D eigenvalue weighted by atomic mass is 9.78. The summed E-state index contributed by atoms with van der Waals surface area (Å²) in [6.07, 6.45) is 1.92. The van der Waals surface area contributed by atoms with Gasteiger partial charge in [-0.05, 0) is 26.3 Å². The molecule has 126 valence electrons. The Morgan fingerprint density at radius 3 is 2.87 bits per heavy atom. The van der Waals surface area contributed by atoms with Crippen LogP contribution in [0.4, 0.5) is 0 Å². The fourth-order valence-electron chi connectivity index (χ4n) is 4.06. The van der Waals surface area contributed by atoms with Crippen LogP contribution in [0.5, 0.6) is 0 Å². The molecule has 0 radical (unpaired) electrons. The Kier molecular flexibility index (Phi) is 3.74. The molecule has 0 saturated carbocycles. The maximum absolute atomic E-state index is 12.4. The van der Waals surface area contributed by atoms with Gasteiger partial charge in [-0.15, -0.1) is 0 Å². The van der Waals surface area contributed by atoms with Gasteiger partial charge in [0.2, 0.25) is 0 Å². The maximum atomic E-state index is 12.4. The van der Waals surface area contributed by atoms with Crippen molar-refractivity contribution in [3.8, 4) is 0 Å². The number of aliphatic hydroxyl groups is 2. The van der Waals surface area contributed by atoms with Crippen molar-refractivity contribution in [1.29, 1.82) is 0 Å². The van der Waals surface area contributed by atoms with Gasteiger partial charge in [0, 0.05) is 18.4 Å². The van der Waals surface area contributed by atoms with Crippen LogP contribution in [0.25, 0.3) is 0 Å². The molecule has 2 aliphatic heterocycles. The van der Waals surface area contributed by atoms with Gasteiger partial charge >= 0.3 is 5.97 Å². The number of aliphatic hydroxyl groups excluding tert-OH is 2. The van der Waals surface area contributed by atoms with Gasteiger partial charge in [-0.2, -0.15) is 0 Å². The molecule has 6 heteroatoms. The number of esters is 1. The van der Waals surface area contributed by atoms with E-state index in [1.54, 1.807) is 26.8 Å². The summed E-state index contributed by atoms with van der Waals surface area (Å²) >= 11 is 0. The van der Waals surface area contributed by atoms with Crippen LogP contribution in [0.15, 0.2) is 23.3 Å². The number of ether oxygens (including phenoxy) is 2. The van der Waals surface area contributed by atoms with Crippen molar-refractivity contribution in [2.45, 2.75) is 57.0 Å². The third-order valence-electron chi connectivity index (χ3n) is 5.42. The van der Waals surface area contributed by atoms with Gasteiger partial charge in [0.25, 0.3) is 0 Å². The van der Waals surface area contributed by atoms with Crippen molar-refractivity contribution in [3.05, 3.63) is 23.3 Å². The predicted octanol–water partition coefficient (Wildman–Crippen LogP) is 0.664. The first-order valence-electron chi connectivity index (χ1n) is 7.85. The Bertz CT molecular complexity index is 621. The molecule has 2 bridgehead atoms. The molecule has 1 aliphatic carbocycles. The Hall–Kier alpha value is -1.50. The van der Waals surface area contributed by atoms with Crippen LogP contribution in [0.1, 0.15) is 33.6 Å². The van der Waals surface area contributed by atoms with Crippen molar-refractivity contribution < 1.29 is 29.3 Å². The van der Waals surface area contributed by atoms with Crippen molar-refractivity contribution in [1.82, 2.24) is 0 Å². The van der Waals surface area contributed by atoms with E-state index in [9.17, 15) is 19.8 Å². The maximum Gasteiger partial charge on any atom is 0.333 e. The number of rotatable bonds is 3. The highest BCUT2D eigenvalue weighted by Gasteiger charge is 2.68. The number of allylic oxidation sites excluding steroid dienone is 1. The molecule has 3 rings (SSSR count). The van der Waals surface area contributed by atoms with Gasteiger partial charge in [0.15, 0.2) is 5.78 Å². The molecule has 5 atom stereocenters. The molecular weight excluding hydrogens is 300 g/mol. The summed E-state index contributed by atoms with van der Waals surface area (Å²) in [4.78, 5) is 24.6. The van der Waals surface area contributed by atoms with Crippen LogP contribution in [-0.2, 0) is 19.1 Å². The largest absolute Gasteiger partial charge is 0.458 e. The number of Topliss-reactive ketones (excluding diaryl/α,β-unsaturated/α-hetero) is 1. The molecule has 3 aliphatic rings. The molecule has 2 fully saturated rings. The van der Waals surface area contributed by atoms with Crippen molar-refractivity contribution in [3.63, 3.8) is 0 Å². The van der Waals surface area contributed by atoms with Gasteiger partial charge in [-0.25, -0.2) is 4.79 Å². The minimum Gasteiger partial charge on any atom is -0.458 e. The predicted molar refractivity (Wildman–Crippen MR) is 80.4 cm³/mol. The number of carbonyl (C=O) groups excluding carboxylic acids is 2. The second-order valence-electron chi connectivity index (χ2n) is 6.81. The Morgan fingerprint density at radius 2 is 2.26 bits per heavy atom. The fourth-order valence-corrected chi connectivity index (χ4v) is 4.06. The lowest BCUT2D eigenvalue weighted by molar-refractivity contribution is -0.207. The van der Waals surface area contributed by atoms with Crippen LogP contribution in [0, 0.1) is 5.92 Å². The fraction of sp³-hybridized carbons (Fsp3) is 0.647. The van der Waals surface area contributed by atoms with Gasteiger partial charge in [0.1, 0.15) is 17.3 Å². The SMILES string of the molecule is C/C=C(\C)C(=O)O[C@@H]1C[C@@]2(C)O[C@]3(CC2=O)C(CO)=C[C@@H](O)[C@H]13. The number of carbonyl (C=O) groups is 2. The molecule has 0 aromatic heterocycles. The normalized spacial score (nSPS) is 42.5. The average Bonchev–Trinajstić information content (AvgIpc) is 2.88. The molecular formula is C17H22O6. The summed E-state index contributed by atoms with van der Waals surface area (Å²) in [5.41, 5.74) is -1.15. The van der Waals surface area contributed by atoms with E-state index in [1.807, 2.05) is 0 Å². The van der Waals surface area contributed by atoms with Crippen molar-refractivity contribution >= 4 is 11.8 Å². The van der Waals surface area contributed by atoms with Crippen LogP contribution in [0.3, 0.4) is 0 Å². The third-order valence-corrected chi connectivity index (χ3v) is 5.42. The summed E-state index contributed by atoms with van der Waals surface area (Å²) in [6, 6.07) is 0. The molecule has 2 N–H and O–H groups in total. The van der Waals surface area contributed by atoms with Crippen LogP contribution in [0.2, 0.25) is 0 Å². The van der Waals surface area contributed by atoms with Crippen LogP contribution in [-0.4, -0.2) is 52.0 Å². The molecule has 23 heavy (non-hydrogen) atoms. The molecule has 2 heterocycles. The summed E-state index contributed by atoms with van der Waals surface area (Å²) in [5, 5.41) is 20.0. The molecule has 6 nitrogen and oxygen atoms in total. The van der Waals surface area contributed by atoms with E-state index in [1.165, 1.54) is 6.08 Å². The van der Waals surface area contributed by atoms with Crippen molar-refractivity contribution in [2.24, 2.45) is 5.92 Å². The Morgan fingerprint density at radius 1 is 1.57 bits per heavy atom. The summed E-state index contributed by atoms with van der Waals surface area (Å²) < 4.78 is 11.6. The highest BCUT2D eigenvalue weighted by Crippen LogP contribution is 2.57. The van der Waals surface area contributed by atoms with Crippen molar-refractivity contribution in [2.75, 3.05) is 6.61 Å². The highest BCUT2D eigenvalue weighted by molar-refractivity contribution is 5.92. The quantitative estimate of drug-likeness (QED) is 0.450. The van der Waals surface area contributed by atoms with E-state index in [0.717, 1.165) is 0 Å². The first-order valence-corrected chi connectivity index (χ1v) is 7.85. The lowest BCUT2D eigenvalue weighted by Gasteiger charge is -2.45. The second-order valence-corrected chi connectivity index (χ2v) is 6.81. The number of hydrogen-bond acceptors (Lipinski definition) is 6. The van der Waals surface area contributed by atoms with E-state index in [2.05, 4.69) is 0 Å². The highest BCUT2D eigenvalue weighted by atomic mass is 16.6. The third kappa shape index (κ3) is 2.20. The van der Waals surface area contributed by atoms with Gasteiger partial charge in [-0.1, -0.05) is 12.2 Å². The molecule has 0 amide bonds. The lowest BCUT2D eigenvalue weighted by Crippen LogP contribution is -2.56.